The van der Waals surface area contributed by atoms with Gasteiger partial charge in [-0.15, -0.1) is 0 Å². The molecule has 7 heteroatoms. The monoisotopic (exact) mass is 470 g/mol. The lowest BCUT2D eigenvalue weighted by Gasteiger charge is -2.13. The van der Waals surface area contributed by atoms with E-state index in [4.69, 9.17) is 11.6 Å². The van der Waals surface area contributed by atoms with Gasteiger partial charge in [0.1, 0.15) is 0 Å². The van der Waals surface area contributed by atoms with E-state index < -0.39 is 10.0 Å². The Morgan fingerprint density at radius 2 is 1.62 bits per heavy atom. The third-order valence-electron chi connectivity index (χ3n) is 5.29. The van der Waals surface area contributed by atoms with Crippen molar-refractivity contribution >= 4 is 33.2 Å². The Kier molecular flexibility index (Phi) is 7.59. The molecular weight excluding hydrogens is 444 g/mol. The van der Waals surface area contributed by atoms with Crippen molar-refractivity contribution < 1.29 is 13.2 Å². The smallest absolute Gasteiger partial charge is 0.261 e. The Labute approximate surface area is 194 Å². The van der Waals surface area contributed by atoms with Crippen LogP contribution < -0.4 is 10.0 Å². The molecule has 0 radical (unpaired) electrons. The molecule has 1 amide bonds. The number of amides is 1. The maximum Gasteiger partial charge on any atom is 0.261 e. The SMILES string of the molecule is CCc1ccc(CC)c(CNC(=O)c2cc(NS(=O)(=O)c3ccc(C)cc3)ccc2Cl)c1. The number of hydrogen-bond acceptors (Lipinski definition) is 3. The molecule has 0 bridgehead atoms. The third-order valence-corrected chi connectivity index (χ3v) is 7.02. The van der Waals surface area contributed by atoms with Crippen LogP contribution >= 0.6 is 11.6 Å². The Bertz CT molecular complexity index is 1220. The van der Waals surface area contributed by atoms with Crippen LogP contribution in [0.3, 0.4) is 0 Å². The predicted octanol–water partition coefficient (Wildman–Crippen LogP) is 5.50. The number of nitrogens with one attached hydrogen (secondary N) is 2. The Balaban J connectivity index is 1.78. The van der Waals surface area contributed by atoms with E-state index in [1.807, 2.05) is 6.92 Å². The Morgan fingerprint density at radius 1 is 0.906 bits per heavy atom. The highest BCUT2D eigenvalue weighted by Gasteiger charge is 2.17. The van der Waals surface area contributed by atoms with E-state index in [0.29, 0.717) is 6.54 Å². The molecular formula is C25H27ClN2O3S. The van der Waals surface area contributed by atoms with Crippen LogP contribution in [0.5, 0.6) is 0 Å². The zero-order valence-electron chi connectivity index (χ0n) is 18.4. The van der Waals surface area contributed by atoms with E-state index in [1.165, 1.54) is 41.5 Å². The molecule has 5 nitrogen and oxygen atoms in total. The summed E-state index contributed by atoms with van der Waals surface area (Å²) in [6, 6.07) is 17.3. The molecule has 3 rings (SSSR count). The number of aryl methyl sites for hydroxylation is 3. The van der Waals surface area contributed by atoms with E-state index >= 15 is 0 Å². The first kappa shape index (κ1) is 23.8. The van der Waals surface area contributed by atoms with Crippen LogP contribution in [0.1, 0.15) is 46.5 Å². The Hall–Kier alpha value is -2.83. The van der Waals surface area contributed by atoms with Crippen LogP contribution in [0.25, 0.3) is 0 Å². The van der Waals surface area contributed by atoms with Gasteiger partial charge in [0.05, 0.1) is 15.5 Å². The van der Waals surface area contributed by atoms with Crippen molar-refractivity contribution in [1.29, 1.82) is 0 Å². The lowest BCUT2D eigenvalue weighted by molar-refractivity contribution is 0.0951. The van der Waals surface area contributed by atoms with Gasteiger partial charge in [-0.3, -0.25) is 9.52 Å². The van der Waals surface area contributed by atoms with Gasteiger partial charge >= 0.3 is 0 Å². The minimum absolute atomic E-state index is 0.145. The number of benzene rings is 3. The predicted molar refractivity (Wildman–Crippen MR) is 130 cm³/mol. The molecule has 0 aromatic heterocycles. The second-order valence-electron chi connectivity index (χ2n) is 7.61. The summed E-state index contributed by atoms with van der Waals surface area (Å²) < 4.78 is 27.9. The van der Waals surface area contributed by atoms with E-state index in [1.54, 1.807) is 12.1 Å². The summed E-state index contributed by atoms with van der Waals surface area (Å²) in [5, 5.41) is 3.16. The normalized spacial score (nSPS) is 11.2. The van der Waals surface area contributed by atoms with Gasteiger partial charge in [0.25, 0.3) is 15.9 Å². The molecule has 3 aromatic carbocycles. The average Bonchev–Trinajstić information content (AvgIpc) is 2.78. The summed E-state index contributed by atoms with van der Waals surface area (Å²) in [5.74, 6) is -0.365. The second kappa shape index (κ2) is 10.2. The highest BCUT2D eigenvalue weighted by atomic mass is 35.5. The Morgan fingerprint density at radius 3 is 2.28 bits per heavy atom. The van der Waals surface area contributed by atoms with Crippen LogP contribution in [-0.2, 0) is 29.4 Å². The van der Waals surface area contributed by atoms with Gasteiger partial charge in [0.2, 0.25) is 0 Å². The van der Waals surface area contributed by atoms with Crippen molar-refractivity contribution in [3.63, 3.8) is 0 Å². The van der Waals surface area contributed by atoms with Crippen LogP contribution in [0.2, 0.25) is 5.02 Å². The van der Waals surface area contributed by atoms with Crippen molar-refractivity contribution in [1.82, 2.24) is 5.32 Å². The molecule has 0 saturated carbocycles. The van der Waals surface area contributed by atoms with Gasteiger partial charge in [-0.05, 0) is 66.8 Å². The van der Waals surface area contributed by atoms with Gasteiger partial charge in [0.15, 0.2) is 0 Å². The summed E-state index contributed by atoms with van der Waals surface area (Å²) in [7, 11) is -3.78. The molecule has 0 aliphatic heterocycles. The van der Waals surface area contributed by atoms with Gasteiger partial charge in [-0.2, -0.15) is 0 Å². The zero-order chi connectivity index (χ0) is 23.3. The molecule has 0 saturated heterocycles. The number of sulfonamides is 1. The highest BCUT2D eigenvalue weighted by molar-refractivity contribution is 7.92. The summed E-state index contributed by atoms with van der Waals surface area (Å²) in [6.07, 6.45) is 1.78. The number of halogens is 1. The van der Waals surface area contributed by atoms with Gasteiger partial charge in [-0.1, -0.05) is 61.3 Å². The summed E-state index contributed by atoms with van der Waals surface area (Å²) in [6.45, 7) is 6.42. The molecule has 0 aliphatic carbocycles. The summed E-state index contributed by atoms with van der Waals surface area (Å²) in [5.41, 5.74) is 4.88. The van der Waals surface area contributed by atoms with Crippen LogP contribution in [-0.4, -0.2) is 14.3 Å². The quantitative estimate of drug-likeness (QED) is 0.456. The van der Waals surface area contributed by atoms with Crippen LogP contribution in [0.15, 0.2) is 65.6 Å². The summed E-state index contributed by atoms with van der Waals surface area (Å²) in [4.78, 5) is 13.0. The number of carbonyl (C=O) groups is 1. The fourth-order valence-electron chi connectivity index (χ4n) is 3.37. The average molecular weight is 471 g/mol. The molecule has 0 spiro atoms. The van der Waals surface area contributed by atoms with Gasteiger partial charge < -0.3 is 5.32 Å². The van der Waals surface area contributed by atoms with Crippen molar-refractivity contribution in [3.8, 4) is 0 Å². The minimum Gasteiger partial charge on any atom is -0.348 e. The molecule has 0 unspecified atom stereocenters. The largest absolute Gasteiger partial charge is 0.348 e. The fraction of sp³-hybridized carbons (Fsp3) is 0.240. The summed E-state index contributed by atoms with van der Waals surface area (Å²) >= 11 is 6.25. The first-order valence-corrected chi connectivity index (χ1v) is 12.4. The topological polar surface area (TPSA) is 75.3 Å². The van der Waals surface area contributed by atoms with Crippen molar-refractivity contribution in [3.05, 3.63) is 93.5 Å². The van der Waals surface area contributed by atoms with E-state index in [9.17, 15) is 13.2 Å². The number of rotatable bonds is 8. The minimum atomic E-state index is -3.78. The number of hydrogen-bond donors (Lipinski definition) is 2. The van der Waals surface area contributed by atoms with Crippen molar-refractivity contribution in [2.24, 2.45) is 0 Å². The molecule has 3 aromatic rings. The first-order valence-electron chi connectivity index (χ1n) is 10.5. The molecule has 32 heavy (non-hydrogen) atoms. The van der Waals surface area contributed by atoms with Crippen LogP contribution in [0.4, 0.5) is 5.69 Å². The molecule has 168 valence electrons. The van der Waals surface area contributed by atoms with Crippen molar-refractivity contribution in [2.75, 3.05) is 4.72 Å². The van der Waals surface area contributed by atoms with Gasteiger partial charge in [0, 0.05) is 12.2 Å². The fourth-order valence-corrected chi connectivity index (χ4v) is 4.63. The second-order valence-corrected chi connectivity index (χ2v) is 9.70. The molecule has 0 fully saturated rings. The van der Waals surface area contributed by atoms with E-state index in [2.05, 4.69) is 42.1 Å². The molecule has 0 atom stereocenters. The standard InChI is InChI=1S/C25H27ClN2O3S/c1-4-18-8-9-19(5-2)20(14-18)16-27-25(29)23-15-21(10-13-24(23)26)28-32(30,31)22-11-6-17(3)7-12-22/h6-15,28H,4-5,16H2,1-3H3,(H,27,29). The number of anilines is 1. The highest BCUT2D eigenvalue weighted by Crippen LogP contribution is 2.23. The first-order chi connectivity index (χ1) is 15.2. The van der Waals surface area contributed by atoms with E-state index in [-0.39, 0.29) is 27.1 Å². The maximum atomic E-state index is 12.8. The zero-order valence-corrected chi connectivity index (χ0v) is 20.0. The van der Waals surface area contributed by atoms with E-state index in [0.717, 1.165) is 24.0 Å². The molecule has 0 heterocycles. The molecule has 2 N–H and O–H groups in total. The lowest BCUT2D eigenvalue weighted by atomic mass is 10.0. The maximum absolute atomic E-state index is 12.8. The number of carbonyl (C=O) groups excluding carboxylic acids is 1. The van der Waals surface area contributed by atoms with Gasteiger partial charge in [-0.25, -0.2) is 8.42 Å². The van der Waals surface area contributed by atoms with Crippen LogP contribution in [0, 0.1) is 6.92 Å². The molecule has 0 aliphatic rings. The third kappa shape index (κ3) is 5.69. The van der Waals surface area contributed by atoms with Crippen molar-refractivity contribution in [2.45, 2.75) is 45.1 Å². The lowest BCUT2D eigenvalue weighted by Crippen LogP contribution is -2.24.